The van der Waals surface area contributed by atoms with E-state index in [1.165, 1.54) is 11.5 Å². The fraction of sp³-hybridized carbons (Fsp3) is 0.378. The summed E-state index contributed by atoms with van der Waals surface area (Å²) >= 11 is 11.8. The second-order valence-electron chi connectivity index (χ2n) is 15.1. The molecule has 0 radical (unpaired) electrons. The largest absolute Gasteiger partial charge is 1.00 e. The molecule has 8 rings (SSSR count). The molecule has 0 bridgehead atoms. The van der Waals surface area contributed by atoms with E-state index in [1.807, 2.05) is 66.7 Å². The van der Waals surface area contributed by atoms with E-state index in [0.717, 1.165) is 42.4 Å². The molecule has 15 nitrogen and oxygen atoms in total. The number of Topliss-reactive ketones (excluding diaryl/α,β-unsaturated/α-hetero) is 1. The van der Waals surface area contributed by atoms with Gasteiger partial charge in [0.1, 0.15) is 5.69 Å². The number of rotatable bonds is 11. The van der Waals surface area contributed by atoms with Crippen LogP contribution in [0.3, 0.4) is 0 Å². The number of hydrogen-bond acceptors (Lipinski definition) is 9. The average molecular weight is 912 g/mol. The maximum Gasteiger partial charge on any atom is 1.00 e. The maximum atomic E-state index is 12.9. The summed E-state index contributed by atoms with van der Waals surface area (Å²) in [4.78, 5) is 60.9. The Bertz CT molecular complexity index is 2480. The van der Waals surface area contributed by atoms with Crippen LogP contribution in [0, 0.1) is 5.92 Å². The molecule has 2 saturated carbocycles. The van der Waals surface area contributed by atoms with Crippen LogP contribution in [0.5, 0.6) is 0 Å². The maximum absolute atomic E-state index is 12.9. The molecule has 63 heavy (non-hydrogen) atoms. The molecule has 2 fully saturated rings. The number of H-pyrrole nitrogens is 1. The van der Waals surface area contributed by atoms with Gasteiger partial charge in [-0.3, -0.25) is 24.5 Å². The van der Waals surface area contributed by atoms with Crippen LogP contribution in [0.25, 0.3) is 11.2 Å². The van der Waals surface area contributed by atoms with Gasteiger partial charge in [0.2, 0.25) is 0 Å². The zero-order valence-electron chi connectivity index (χ0n) is 36.2. The predicted molar refractivity (Wildman–Crippen MR) is 239 cm³/mol. The van der Waals surface area contributed by atoms with Crippen molar-refractivity contribution >= 4 is 52.0 Å². The number of imidazole rings is 2. The van der Waals surface area contributed by atoms with E-state index in [2.05, 4.69) is 32.5 Å². The van der Waals surface area contributed by atoms with Crippen molar-refractivity contribution in [3.05, 3.63) is 145 Å². The van der Waals surface area contributed by atoms with E-state index in [1.54, 1.807) is 47.8 Å². The first-order valence-electron chi connectivity index (χ1n) is 20.5. The zero-order chi connectivity index (χ0) is 44.8. The smallest absolute Gasteiger partial charge is 0.855 e. The van der Waals surface area contributed by atoms with Crippen LogP contribution >= 0.6 is 23.2 Å². The number of aromatic nitrogens is 6. The van der Waals surface area contributed by atoms with E-state index in [9.17, 15) is 19.2 Å². The number of carbonyl (C=O) groups is 2. The van der Waals surface area contributed by atoms with Gasteiger partial charge < -0.3 is 29.4 Å². The van der Waals surface area contributed by atoms with Crippen LogP contribution in [0.15, 0.2) is 101 Å². The fourth-order valence-corrected chi connectivity index (χ4v) is 7.31. The van der Waals surface area contributed by atoms with E-state index in [4.69, 9.17) is 38.2 Å². The molecule has 0 atom stereocenters. The standard InChI is InChI=1S/C24H25ClN4O3.C17H17ClN4O2.C2H6O.C2H5O.Na/c1-16(30)22-23(26-15-29(22)13-17-7-9-19(25)10-8-17)28-24(31)27-20-11-21(12-20)32-14-18-5-3-2-4-6-18;1-10-6-13(7-10)22-16(23)14-15(20-17(22)24)19-9-21(14)8-11-2-4-12(18)5-3-11;2*1-2-3;/h2-10,15,20-21H,11-14H2,1H3,(H2,27,28,31);2-5,9-10,13H,6-8H2,1H3,(H,20,24);3H,2H2,1H3;2H2,1H3;/q;;;-1;+1. The number of carbonyl (C=O) groups excluding carboxylic acids is 2. The number of fused-ring (bicyclic) bond motifs is 1. The van der Waals surface area contributed by atoms with Gasteiger partial charge in [-0.15, -0.1) is 6.61 Å². The van der Waals surface area contributed by atoms with Gasteiger partial charge in [0.25, 0.3) is 5.56 Å². The summed E-state index contributed by atoms with van der Waals surface area (Å²) < 4.78 is 10.7. The summed E-state index contributed by atoms with van der Waals surface area (Å²) in [5.74, 6) is 0.626. The van der Waals surface area contributed by atoms with Crippen LogP contribution in [-0.4, -0.2) is 70.9 Å². The summed E-state index contributed by atoms with van der Waals surface area (Å²) in [5.41, 5.74) is 3.60. The molecule has 330 valence electrons. The number of aliphatic hydroxyl groups is 1. The van der Waals surface area contributed by atoms with Crippen molar-refractivity contribution in [2.75, 3.05) is 18.5 Å². The number of anilines is 1. The molecule has 2 aliphatic carbocycles. The van der Waals surface area contributed by atoms with Crippen molar-refractivity contribution in [1.29, 1.82) is 0 Å². The molecular weight excluding hydrogens is 858 g/mol. The molecule has 0 aliphatic heterocycles. The third kappa shape index (κ3) is 14.5. The van der Waals surface area contributed by atoms with E-state index >= 15 is 0 Å². The predicted octanol–water partition coefficient (Wildman–Crippen LogP) is 3.58. The summed E-state index contributed by atoms with van der Waals surface area (Å²) in [5, 5.41) is 23.4. The Morgan fingerprint density at radius 3 is 1.94 bits per heavy atom. The monoisotopic (exact) mass is 910 g/mol. The van der Waals surface area contributed by atoms with Gasteiger partial charge in [-0.2, -0.15) is 0 Å². The topological polar surface area (TPSA) is 201 Å². The number of aromatic amines is 1. The Labute approximate surface area is 398 Å². The van der Waals surface area contributed by atoms with Crippen LogP contribution in [0.4, 0.5) is 10.6 Å². The summed E-state index contributed by atoms with van der Waals surface area (Å²) in [6.07, 6.45) is 6.50. The number of aliphatic hydroxyl groups excluding tert-OH is 1. The third-order valence-electron chi connectivity index (χ3n) is 10.1. The van der Waals surface area contributed by atoms with Gasteiger partial charge in [0.15, 0.2) is 22.8 Å². The molecule has 0 unspecified atom stereocenters. The number of urea groups is 1. The van der Waals surface area contributed by atoms with Gasteiger partial charge in [-0.1, -0.05) is 91.6 Å². The molecule has 0 spiro atoms. The zero-order valence-corrected chi connectivity index (χ0v) is 39.7. The Balaban J connectivity index is 0.000000249. The number of benzene rings is 3. The van der Waals surface area contributed by atoms with Crippen molar-refractivity contribution in [3.8, 4) is 0 Å². The molecule has 4 N–H and O–H groups in total. The average Bonchev–Trinajstić information content (AvgIpc) is 3.81. The Morgan fingerprint density at radius 1 is 0.857 bits per heavy atom. The number of nitrogens with one attached hydrogen (secondary N) is 3. The fourth-order valence-electron chi connectivity index (χ4n) is 7.06. The minimum absolute atomic E-state index is 0. The Morgan fingerprint density at radius 2 is 1.40 bits per heavy atom. The molecular formula is C45H53Cl2N8NaO7. The first kappa shape index (κ1) is 51.1. The molecule has 2 amide bonds. The van der Waals surface area contributed by atoms with Gasteiger partial charge >= 0.3 is 41.3 Å². The summed E-state index contributed by atoms with van der Waals surface area (Å²) in [6, 6.07) is 24.5. The second-order valence-corrected chi connectivity index (χ2v) is 15.9. The molecule has 2 aliphatic rings. The molecule has 0 saturated heterocycles. The number of amides is 2. The molecule has 3 aromatic heterocycles. The normalized spacial score (nSPS) is 17.1. The van der Waals surface area contributed by atoms with Crippen LogP contribution in [-0.2, 0) is 24.4 Å². The number of hydrogen-bond donors (Lipinski definition) is 4. The van der Waals surface area contributed by atoms with E-state index in [-0.39, 0.29) is 89.8 Å². The van der Waals surface area contributed by atoms with Gasteiger partial charge in [0, 0.05) is 48.7 Å². The third-order valence-corrected chi connectivity index (χ3v) is 10.6. The van der Waals surface area contributed by atoms with Crippen LogP contribution in [0.1, 0.15) is 86.6 Å². The van der Waals surface area contributed by atoms with Gasteiger partial charge in [0.05, 0.1) is 25.4 Å². The number of ketones is 1. The van der Waals surface area contributed by atoms with E-state index in [0.29, 0.717) is 52.5 Å². The Kier molecular flexibility index (Phi) is 20.3. The van der Waals surface area contributed by atoms with Crippen molar-refractivity contribution in [1.82, 2.24) is 34.0 Å². The van der Waals surface area contributed by atoms with Crippen molar-refractivity contribution in [2.24, 2.45) is 5.92 Å². The SMILES string of the molecule is CC(=O)c1c(NC(=O)NC2CC(OCc3ccccc3)C2)ncn1Cc1ccc(Cl)cc1.CC1CC(n2c(=O)[nH]c3ncn(Cc4ccc(Cl)cc4)c3c2=O)C1.CCO.CC[O-].[Na+]. The molecule has 6 aromatic rings. The quantitative estimate of drug-likeness (QED) is 0.111. The first-order chi connectivity index (χ1) is 29.8. The molecule has 3 aromatic carbocycles. The molecule has 3 heterocycles. The van der Waals surface area contributed by atoms with Crippen molar-refractivity contribution in [3.63, 3.8) is 0 Å². The summed E-state index contributed by atoms with van der Waals surface area (Å²) in [6.45, 7) is 8.59. The minimum Gasteiger partial charge on any atom is -0.855 e. The van der Waals surface area contributed by atoms with Gasteiger partial charge in [-0.25, -0.2) is 19.6 Å². The number of halogens is 2. The first-order valence-corrected chi connectivity index (χ1v) is 21.3. The second kappa shape index (κ2) is 25.1. The number of nitrogens with zero attached hydrogens (tertiary/aromatic N) is 5. The van der Waals surface area contributed by atoms with Crippen molar-refractivity contribution < 1.29 is 54.1 Å². The number of ether oxygens (including phenoxy) is 1. The van der Waals surface area contributed by atoms with Crippen molar-refractivity contribution in [2.45, 2.75) is 91.3 Å². The van der Waals surface area contributed by atoms with Gasteiger partial charge in [-0.05, 0) is 79.5 Å². The van der Waals surface area contributed by atoms with E-state index < -0.39 is 0 Å². The van der Waals surface area contributed by atoms with Crippen LogP contribution < -0.4 is 56.5 Å². The van der Waals surface area contributed by atoms with Crippen LogP contribution in [0.2, 0.25) is 10.0 Å². The summed E-state index contributed by atoms with van der Waals surface area (Å²) in [7, 11) is 0. The minimum atomic E-state index is -0.379. The Hall–Kier alpha value is -4.58. The molecule has 18 heteroatoms.